The molecule has 4 nitrogen and oxygen atoms in total. The average Bonchev–Trinajstić information content (AvgIpc) is 0.988. The minimum Gasteiger partial charge on any atom is -0.311 e. The first-order valence-corrected chi connectivity index (χ1v) is 35.0. The molecule has 0 saturated heterocycles. The monoisotopic (exact) mass is 1240 g/mol. The van der Waals surface area contributed by atoms with Gasteiger partial charge in [-0.25, -0.2) is 0 Å². The fourth-order valence-electron chi connectivity index (χ4n) is 17.1. The first-order valence-electron chi connectivity index (χ1n) is 35.0. The molecule has 4 aliphatic rings. The van der Waals surface area contributed by atoms with E-state index in [1.165, 1.54) is 106 Å². The molecule has 9 aromatic carbocycles. The second kappa shape index (κ2) is 21.6. The Kier molecular flexibility index (Phi) is 14.9. The van der Waals surface area contributed by atoms with Crippen LogP contribution in [-0.4, -0.2) is 6.71 Å². The molecule has 484 valence electrons. The summed E-state index contributed by atoms with van der Waals surface area (Å²) in [5.74, 6) is 0. The number of hydrogen-bond acceptors (Lipinski definition) is 4. The van der Waals surface area contributed by atoms with Crippen LogP contribution in [-0.2, 0) is 48.7 Å². The van der Waals surface area contributed by atoms with E-state index in [0.29, 0.717) is 0 Å². The van der Waals surface area contributed by atoms with E-state index >= 15 is 0 Å². The fourth-order valence-corrected chi connectivity index (χ4v) is 17.1. The van der Waals surface area contributed by atoms with Gasteiger partial charge in [0.25, 0.3) is 6.71 Å². The van der Waals surface area contributed by atoms with Gasteiger partial charge >= 0.3 is 0 Å². The predicted octanol–water partition coefficient (Wildman–Crippen LogP) is 23.4. The molecule has 2 aliphatic heterocycles. The smallest absolute Gasteiger partial charge is 0.252 e. The van der Waals surface area contributed by atoms with Crippen LogP contribution in [0.15, 0.2) is 176 Å². The van der Waals surface area contributed by atoms with Crippen LogP contribution in [0.4, 0.5) is 68.2 Å². The van der Waals surface area contributed by atoms with Crippen molar-refractivity contribution in [2.45, 2.75) is 228 Å². The second-order valence-corrected chi connectivity index (χ2v) is 36.4. The van der Waals surface area contributed by atoms with Gasteiger partial charge in [0, 0.05) is 62.6 Å². The van der Waals surface area contributed by atoms with E-state index in [9.17, 15) is 0 Å². The second-order valence-electron chi connectivity index (χ2n) is 36.4. The van der Waals surface area contributed by atoms with Crippen LogP contribution < -0.4 is 36.0 Å². The zero-order valence-electron chi connectivity index (χ0n) is 61.5. The van der Waals surface area contributed by atoms with E-state index in [-0.39, 0.29) is 55.4 Å². The summed E-state index contributed by atoms with van der Waals surface area (Å²) < 4.78 is 0. The Bertz CT molecular complexity index is 4330. The number of nitrogens with zero attached hydrogens (tertiary/aromatic N) is 4. The topological polar surface area (TPSA) is 13.0 Å². The fraction of sp³-hybridized carbons (Fsp3) is 0.393. The Morgan fingerprint density at radius 2 is 0.649 bits per heavy atom. The van der Waals surface area contributed by atoms with Crippen molar-refractivity contribution in [2.24, 2.45) is 0 Å². The van der Waals surface area contributed by atoms with Crippen LogP contribution in [0, 0.1) is 6.92 Å². The van der Waals surface area contributed by atoms with Gasteiger partial charge in [0.05, 0.1) is 5.69 Å². The number of rotatable bonds is 8. The molecule has 0 atom stereocenters. The Labute approximate surface area is 566 Å². The van der Waals surface area contributed by atoms with Crippen LogP contribution >= 0.6 is 0 Å². The van der Waals surface area contributed by atoms with E-state index in [1.54, 1.807) is 0 Å². The molecule has 0 amide bonds. The van der Waals surface area contributed by atoms with Crippen LogP contribution in [0.25, 0.3) is 0 Å². The summed E-state index contributed by atoms with van der Waals surface area (Å²) in [6, 6.07) is 70.4. The van der Waals surface area contributed by atoms with Crippen molar-refractivity contribution in [3.63, 3.8) is 0 Å². The van der Waals surface area contributed by atoms with Gasteiger partial charge < -0.3 is 19.6 Å². The largest absolute Gasteiger partial charge is 0.311 e. The third kappa shape index (κ3) is 11.1. The molecule has 0 aromatic heterocycles. The van der Waals surface area contributed by atoms with Gasteiger partial charge in [-0.2, -0.15) is 0 Å². The zero-order valence-corrected chi connectivity index (χ0v) is 61.5. The lowest BCUT2D eigenvalue weighted by atomic mass is 9.33. The normalized spacial score (nSPS) is 16.7. The summed E-state index contributed by atoms with van der Waals surface area (Å²) in [4.78, 5) is 10.5. The van der Waals surface area contributed by atoms with Crippen molar-refractivity contribution in [3.05, 3.63) is 232 Å². The van der Waals surface area contributed by atoms with Gasteiger partial charge in [-0.1, -0.05) is 238 Å². The molecule has 0 radical (unpaired) electrons. The lowest BCUT2D eigenvalue weighted by Gasteiger charge is -2.46. The lowest BCUT2D eigenvalue weighted by molar-refractivity contribution is 0.403. The van der Waals surface area contributed by atoms with Crippen LogP contribution in [0.1, 0.15) is 228 Å². The van der Waals surface area contributed by atoms with E-state index in [0.717, 1.165) is 47.0 Å². The van der Waals surface area contributed by atoms with Gasteiger partial charge in [0.1, 0.15) is 0 Å². The van der Waals surface area contributed by atoms with Gasteiger partial charge in [0.2, 0.25) is 0 Å². The number of fused-ring (bicyclic) bond motifs is 6. The van der Waals surface area contributed by atoms with Crippen LogP contribution in [0.3, 0.4) is 0 Å². The molecule has 0 fully saturated rings. The molecular formula is C89H105BN4. The third-order valence-electron chi connectivity index (χ3n) is 21.9. The highest BCUT2D eigenvalue weighted by Crippen LogP contribution is 2.57. The molecule has 0 unspecified atom stereocenters. The molecule has 0 bridgehead atoms. The third-order valence-corrected chi connectivity index (χ3v) is 21.9. The quantitative estimate of drug-likeness (QED) is 0.141. The van der Waals surface area contributed by atoms with E-state index in [2.05, 4.69) is 362 Å². The predicted molar refractivity (Wildman–Crippen MR) is 409 cm³/mol. The first-order chi connectivity index (χ1) is 43.6. The highest BCUT2D eigenvalue weighted by molar-refractivity contribution is 7.00. The molecule has 0 spiro atoms. The summed E-state index contributed by atoms with van der Waals surface area (Å²) in [5, 5.41) is 0. The molecule has 2 heterocycles. The summed E-state index contributed by atoms with van der Waals surface area (Å²) in [7, 11) is 0. The summed E-state index contributed by atoms with van der Waals surface area (Å²) in [6.45, 7) is 56.8. The highest BCUT2D eigenvalue weighted by Gasteiger charge is 2.50. The van der Waals surface area contributed by atoms with E-state index < -0.39 is 0 Å². The molecule has 0 N–H and O–H groups in total. The van der Waals surface area contributed by atoms with Gasteiger partial charge in [-0.3, -0.25) is 0 Å². The maximum Gasteiger partial charge on any atom is 0.252 e. The number of hydrogen-bond donors (Lipinski definition) is 0. The number of anilines is 12. The van der Waals surface area contributed by atoms with Crippen molar-refractivity contribution >= 4 is 91.3 Å². The summed E-state index contributed by atoms with van der Waals surface area (Å²) >= 11 is 0. The Morgan fingerprint density at radius 1 is 0.298 bits per heavy atom. The number of benzene rings is 9. The SMILES string of the molecule is Cc1cc(C(C)(C)C)ccc1N1c2cc(N(c3ccc(C(C)(C)C)cc3)c3ccc(C(C)(C)C)cc3)ccc2B2c3cc4c(cc3N(c3ccc5c(c3)C(C)(C)CC5(C)C)c3cc(N(c5ccc(C(C)(C)C)cc5)c5ccc(C(C)(C)C)cc5)cc1c32)C(C)(C)CC4(C)C. The highest BCUT2D eigenvalue weighted by atomic mass is 15.2. The number of aryl methyl sites for hydroxylation is 1. The van der Waals surface area contributed by atoms with Gasteiger partial charge in [-0.05, 0) is 238 Å². The van der Waals surface area contributed by atoms with Crippen molar-refractivity contribution < 1.29 is 0 Å². The summed E-state index contributed by atoms with van der Waals surface area (Å²) in [6.07, 6.45) is 2.17. The molecular weight excluding hydrogens is 1140 g/mol. The Balaban J connectivity index is 1.18. The Morgan fingerprint density at radius 3 is 1.07 bits per heavy atom. The molecule has 0 saturated carbocycles. The van der Waals surface area contributed by atoms with Gasteiger partial charge in [-0.15, -0.1) is 0 Å². The van der Waals surface area contributed by atoms with E-state index in [4.69, 9.17) is 0 Å². The lowest BCUT2D eigenvalue weighted by Crippen LogP contribution is -2.61. The molecule has 9 aromatic rings. The maximum absolute atomic E-state index is 2.72. The summed E-state index contributed by atoms with van der Waals surface area (Å²) in [5.41, 5.74) is 31.4. The first kappa shape index (κ1) is 64.9. The maximum atomic E-state index is 2.72. The van der Waals surface area contributed by atoms with Crippen LogP contribution in [0.5, 0.6) is 0 Å². The van der Waals surface area contributed by atoms with Crippen molar-refractivity contribution in [1.29, 1.82) is 0 Å². The minimum atomic E-state index is -0.120. The van der Waals surface area contributed by atoms with Crippen LogP contribution in [0.2, 0.25) is 0 Å². The molecule has 5 heteroatoms. The molecule has 94 heavy (non-hydrogen) atoms. The average molecular weight is 1240 g/mol. The molecule has 13 rings (SSSR count). The molecule has 2 aliphatic carbocycles. The van der Waals surface area contributed by atoms with Crippen molar-refractivity contribution in [2.75, 3.05) is 19.6 Å². The standard InChI is InChI=1S/C89H105BN4/c1-56-47-61(85(14,15)16)33-46-75(56)94-76-49-67(91(62-34-25-57(26-35-62)81(2,3)4)63-36-27-58(28-37-63)82(5,6)7)43-45-73(76)90-74-52-71-72(89(23,24)55-88(71,21)22)53-77(74)93(66-42-44-69-70(48-66)87(19,20)54-86(69,17)18)78-50-68(51-79(94)80(78)90)92(64-38-29-59(30-39-64)83(8,9)10)65-40-31-60(32-41-65)84(11,12)13/h25-53H,54-55H2,1-24H3. The van der Waals surface area contributed by atoms with Crippen molar-refractivity contribution in [3.8, 4) is 0 Å². The van der Waals surface area contributed by atoms with Crippen molar-refractivity contribution in [1.82, 2.24) is 0 Å². The zero-order chi connectivity index (χ0) is 67.7. The minimum absolute atomic E-state index is 0.00185. The van der Waals surface area contributed by atoms with E-state index in [1.807, 2.05) is 0 Å². The van der Waals surface area contributed by atoms with Gasteiger partial charge in [0.15, 0.2) is 0 Å². The Hall–Kier alpha value is -7.76.